The van der Waals surface area contributed by atoms with Crippen LogP contribution in [-0.2, 0) is 6.54 Å². The van der Waals surface area contributed by atoms with E-state index in [1.54, 1.807) is 0 Å². The molecule has 0 amide bonds. The molecule has 2 aliphatic rings. The zero-order chi connectivity index (χ0) is 13.4. The number of fused-ring (bicyclic) bond motifs is 2. The number of piperazine rings is 1. The Morgan fingerprint density at radius 1 is 1.30 bits per heavy atom. The molecule has 2 aliphatic heterocycles. The standard InChI is InChI=1S/C15H26N4.ClH/c1-11(2)19-8-13(12(3)17-19)7-18-9-14-5-4-6-15(10-18)16-14;/h8,11,14-16H,4-7,9-10H2,1-3H3;1H. The number of hydrogen-bond acceptors (Lipinski definition) is 3. The number of piperidine rings is 1. The van der Waals surface area contributed by atoms with E-state index < -0.39 is 0 Å². The van der Waals surface area contributed by atoms with Crippen LogP contribution in [0, 0.1) is 6.92 Å². The highest BCUT2D eigenvalue weighted by atomic mass is 35.5. The fourth-order valence-corrected chi connectivity index (χ4v) is 3.41. The molecule has 0 aliphatic carbocycles. The lowest BCUT2D eigenvalue weighted by molar-refractivity contribution is 0.119. The summed E-state index contributed by atoms with van der Waals surface area (Å²) in [5.74, 6) is 0. The van der Waals surface area contributed by atoms with Crippen LogP contribution in [-0.4, -0.2) is 39.9 Å². The number of aromatic nitrogens is 2. The quantitative estimate of drug-likeness (QED) is 0.931. The summed E-state index contributed by atoms with van der Waals surface area (Å²) in [4.78, 5) is 2.61. The van der Waals surface area contributed by atoms with Gasteiger partial charge in [-0.2, -0.15) is 5.10 Å². The molecule has 2 bridgehead atoms. The summed E-state index contributed by atoms with van der Waals surface area (Å²) in [5, 5.41) is 8.37. The molecule has 114 valence electrons. The first-order valence-corrected chi connectivity index (χ1v) is 7.65. The molecular formula is C15H27ClN4. The zero-order valence-corrected chi connectivity index (χ0v) is 13.6. The third kappa shape index (κ3) is 3.35. The molecular weight excluding hydrogens is 272 g/mol. The van der Waals surface area contributed by atoms with Crippen molar-refractivity contribution in [1.82, 2.24) is 20.0 Å². The Morgan fingerprint density at radius 2 is 1.95 bits per heavy atom. The van der Waals surface area contributed by atoms with Crippen LogP contribution in [0.25, 0.3) is 0 Å². The summed E-state index contributed by atoms with van der Waals surface area (Å²) in [5.41, 5.74) is 2.59. The molecule has 2 fully saturated rings. The summed E-state index contributed by atoms with van der Waals surface area (Å²) in [6, 6.07) is 1.88. The second kappa shape index (κ2) is 6.46. The molecule has 5 heteroatoms. The number of hydrogen-bond donors (Lipinski definition) is 1. The molecule has 1 aromatic heterocycles. The maximum absolute atomic E-state index is 4.62. The number of halogens is 1. The van der Waals surface area contributed by atoms with Crippen molar-refractivity contribution in [3.05, 3.63) is 17.5 Å². The number of rotatable bonds is 3. The third-order valence-corrected chi connectivity index (χ3v) is 4.48. The predicted molar refractivity (Wildman–Crippen MR) is 84.4 cm³/mol. The minimum atomic E-state index is 0. The van der Waals surface area contributed by atoms with Gasteiger partial charge in [-0.15, -0.1) is 12.4 Å². The Hall–Kier alpha value is -0.580. The second-order valence-corrected chi connectivity index (χ2v) is 6.50. The molecule has 1 aromatic rings. The van der Waals surface area contributed by atoms with Crippen molar-refractivity contribution in [1.29, 1.82) is 0 Å². The normalized spacial score (nSPS) is 26.6. The Morgan fingerprint density at radius 3 is 2.50 bits per heavy atom. The highest BCUT2D eigenvalue weighted by Gasteiger charge is 2.29. The van der Waals surface area contributed by atoms with E-state index in [0.29, 0.717) is 18.1 Å². The van der Waals surface area contributed by atoms with Crippen molar-refractivity contribution in [3.8, 4) is 0 Å². The molecule has 1 N–H and O–H groups in total. The first kappa shape index (κ1) is 15.8. The SMILES string of the molecule is Cc1nn(C(C)C)cc1CN1CC2CCCC(C1)N2.Cl. The van der Waals surface area contributed by atoms with Gasteiger partial charge in [0.05, 0.1) is 5.69 Å². The molecule has 4 nitrogen and oxygen atoms in total. The highest BCUT2D eigenvalue weighted by Crippen LogP contribution is 2.22. The van der Waals surface area contributed by atoms with Gasteiger partial charge in [-0.3, -0.25) is 9.58 Å². The first-order chi connectivity index (χ1) is 9.11. The van der Waals surface area contributed by atoms with Crippen LogP contribution in [0.4, 0.5) is 0 Å². The molecule has 0 saturated carbocycles. The summed E-state index contributed by atoms with van der Waals surface area (Å²) in [6.07, 6.45) is 6.33. The van der Waals surface area contributed by atoms with Gasteiger partial charge >= 0.3 is 0 Å². The lowest BCUT2D eigenvalue weighted by Crippen LogP contribution is -2.58. The molecule has 2 atom stereocenters. The van der Waals surface area contributed by atoms with E-state index in [9.17, 15) is 0 Å². The predicted octanol–water partition coefficient (Wildman–Crippen LogP) is 2.52. The number of aryl methyl sites for hydroxylation is 1. The van der Waals surface area contributed by atoms with E-state index >= 15 is 0 Å². The van der Waals surface area contributed by atoms with Gasteiger partial charge in [0.25, 0.3) is 0 Å². The van der Waals surface area contributed by atoms with Crippen molar-refractivity contribution < 1.29 is 0 Å². The topological polar surface area (TPSA) is 33.1 Å². The lowest BCUT2D eigenvalue weighted by Gasteiger charge is -2.42. The number of likely N-dealkylation sites (tertiary alicyclic amines) is 1. The largest absolute Gasteiger partial charge is 0.309 e. The third-order valence-electron chi connectivity index (χ3n) is 4.48. The van der Waals surface area contributed by atoms with E-state index in [2.05, 4.69) is 47.0 Å². The van der Waals surface area contributed by atoms with Crippen LogP contribution in [0.2, 0.25) is 0 Å². The molecule has 0 spiro atoms. The van der Waals surface area contributed by atoms with Crippen molar-refractivity contribution in [2.75, 3.05) is 13.1 Å². The lowest BCUT2D eigenvalue weighted by atomic mass is 9.94. The van der Waals surface area contributed by atoms with Crippen molar-refractivity contribution in [2.45, 2.75) is 64.7 Å². The summed E-state index contributed by atoms with van der Waals surface area (Å²) in [6.45, 7) is 9.97. The van der Waals surface area contributed by atoms with Crippen LogP contribution >= 0.6 is 12.4 Å². The van der Waals surface area contributed by atoms with Crippen molar-refractivity contribution in [2.24, 2.45) is 0 Å². The minimum Gasteiger partial charge on any atom is -0.309 e. The fraction of sp³-hybridized carbons (Fsp3) is 0.800. The molecule has 3 rings (SSSR count). The Kier molecular flexibility index (Phi) is 5.10. The first-order valence-electron chi connectivity index (χ1n) is 7.65. The van der Waals surface area contributed by atoms with E-state index in [1.807, 2.05) is 0 Å². The van der Waals surface area contributed by atoms with Gasteiger partial charge in [0.1, 0.15) is 0 Å². The van der Waals surface area contributed by atoms with Crippen LogP contribution in [0.15, 0.2) is 6.20 Å². The highest BCUT2D eigenvalue weighted by molar-refractivity contribution is 5.85. The monoisotopic (exact) mass is 298 g/mol. The van der Waals surface area contributed by atoms with Crippen LogP contribution in [0.1, 0.15) is 50.4 Å². The maximum atomic E-state index is 4.62. The Bertz CT molecular complexity index is 431. The van der Waals surface area contributed by atoms with Gasteiger partial charge in [0.15, 0.2) is 0 Å². The van der Waals surface area contributed by atoms with Gasteiger partial charge in [0.2, 0.25) is 0 Å². The van der Waals surface area contributed by atoms with E-state index in [1.165, 1.54) is 43.6 Å². The van der Waals surface area contributed by atoms with Crippen molar-refractivity contribution >= 4 is 12.4 Å². The molecule has 2 unspecified atom stereocenters. The fourth-order valence-electron chi connectivity index (χ4n) is 3.41. The molecule has 0 radical (unpaired) electrons. The van der Waals surface area contributed by atoms with Gasteiger partial charge in [-0.25, -0.2) is 0 Å². The van der Waals surface area contributed by atoms with Crippen LogP contribution in [0.5, 0.6) is 0 Å². The van der Waals surface area contributed by atoms with Gasteiger partial charge in [-0.05, 0) is 33.6 Å². The van der Waals surface area contributed by atoms with E-state index in [-0.39, 0.29) is 12.4 Å². The molecule has 20 heavy (non-hydrogen) atoms. The summed E-state index contributed by atoms with van der Waals surface area (Å²) < 4.78 is 2.09. The van der Waals surface area contributed by atoms with Gasteiger partial charge in [0, 0.05) is 49.5 Å². The average molecular weight is 299 g/mol. The van der Waals surface area contributed by atoms with Gasteiger partial charge in [-0.1, -0.05) is 6.42 Å². The van der Waals surface area contributed by atoms with Crippen molar-refractivity contribution in [3.63, 3.8) is 0 Å². The number of nitrogens with one attached hydrogen (secondary N) is 1. The summed E-state index contributed by atoms with van der Waals surface area (Å²) in [7, 11) is 0. The zero-order valence-electron chi connectivity index (χ0n) is 12.8. The van der Waals surface area contributed by atoms with Gasteiger partial charge < -0.3 is 5.32 Å². The smallest absolute Gasteiger partial charge is 0.0638 e. The Labute approximate surface area is 128 Å². The minimum absolute atomic E-state index is 0. The molecule has 2 saturated heterocycles. The number of nitrogens with zero attached hydrogens (tertiary/aromatic N) is 3. The second-order valence-electron chi connectivity index (χ2n) is 6.50. The molecule has 0 aromatic carbocycles. The van der Waals surface area contributed by atoms with E-state index in [4.69, 9.17) is 0 Å². The van der Waals surface area contributed by atoms with Crippen LogP contribution in [0.3, 0.4) is 0 Å². The average Bonchev–Trinajstić information content (AvgIpc) is 2.71. The Balaban J connectivity index is 0.00000147. The molecule has 3 heterocycles. The maximum Gasteiger partial charge on any atom is 0.0638 e. The summed E-state index contributed by atoms with van der Waals surface area (Å²) >= 11 is 0. The van der Waals surface area contributed by atoms with E-state index in [0.717, 1.165) is 6.54 Å². The van der Waals surface area contributed by atoms with Crippen LogP contribution < -0.4 is 5.32 Å².